The van der Waals surface area contributed by atoms with Gasteiger partial charge >= 0.3 is 5.97 Å². The Morgan fingerprint density at radius 3 is 2.37 bits per heavy atom. The summed E-state index contributed by atoms with van der Waals surface area (Å²) in [6.45, 7) is 3.83. The highest BCUT2D eigenvalue weighted by Gasteiger charge is 2.17. The van der Waals surface area contributed by atoms with Crippen molar-refractivity contribution in [3.05, 3.63) is 90.5 Å². The molecule has 0 heterocycles. The van der Waals surface area contributed by atoms with E-state index in [1.54, 1.807) is 24.3 Å². The number of carbonyl (C=O) groups is 1. The first-order valence-electron chi connectivity index (χ1n) is 8.50. The molecule has 0 aliphatic heterocycles. The number of hydrogen-bond acceptors (Lipinski definition) is 4. The average molecular weight is 360 g/mol. The molecule has 0 saturated heterocycles. The lowest BCUT2D eigenvalue weighted by Gasteiger charge is -2.14. The number of rotatable bonds is 7. The number of carboxylic acid groups (broad SMARTS) is 1. The van der Waals surface area contributed by atoms with Crippen LogP contribution in [0.15, 0.2) is 90.0 Å². The summed E-state index contributed by atoms with van der Waals surface area (Å²) >= 11 is 0. The molecule has 0 spiro atoms. The average Bonchev–Trinajstić information content (AvgIpc) is 2.70. The van der Waals surface area contributed by atoms with Crippen molar-refractivity contribution in [2.75, 3.05) is 5.43 Å². The summed E-state index contributed by atoms with van der Waals surface area (Å²) in [6.07, 6.45) is -0.997. The van der Waals surface area contributed by atoms with E-state index in [0.29, 0.717) is 16.8 Å². The predicted molar refractivity (Wildman–Crippen MR) is 108 cm³/mol. The first kappa shape index (κ1) is 18.4. The third-order valence-corrected chi connectivity index (χ3v) is 4.21. The van der Waals surface area contributed by atoms with E-state index >= 15 is 0 Å². The molecular formula is C22H20N2O3. The molecule has 136 valence electrons. The first-order chi connectivity index (χ1) is 13.0. The lowest BCUT2D eigenvalue weighted by Crippen LogP contribution is -2.17. The van der Waals surface area contributed by atoms with Gasteiger partial charge in [-0.3, -0.25) is 5.43 Å². The van der Waals surface area contributed by atoms with Gasteiger partial charge in [0.1, 0.15) is 11.8 Å². The van der Waals surface area contributed by atoms with Crippen molar-refractivity contribution in [1.29, 1.82) is 0 Å². The number of aliphatic hydroxyl groups is 1. The zero-order valence-electron chi connectivity index (χ0n) is 14.7. The van der Waals surface area contributed by atoms with E-state index in [4.69, 9.17) is 0 Å². The van der Waals surface area contributed by atoms with Crippen LogP contribution in [0.3, 0.4) is 0 Å². The lowest BCUT2D eigenvalue weighted by atomic mass is 9.98. The molecule has 3 rings (SSSR count). The number of hydrazone groups is 1. The molecule has 1 unspecified atom stereocenters. The third kappa shape index (κ3) is 4.59. The van der Waals surface area contributed by atoms with Gasteiger partial charge in [-0.1, -0.05) is 67.2 Å². The molecule has 0 saturated carbocycles. The van der Waals surface area contributed by atoms with Crippen molar-refractivity contribution in [2.24, 2.45) is 5.10 Å². The predicted octanol–water partition coefficient (Wildman–Crippen LogP) is 4.37. The molecule has 0 bridgehead atoms. The van der Waals surface area contributed by atoms with Crippen molar-refractivity contribution in [1.82, 2.24) is 0 Å². The highest BCUT2D eigenvalue weighted by atomic mass is 16.4. The maximum atomic E-state index is 11.5. The quantitative estimate of drug-likeness (QED) is 0.332. The fourth-order valence-electron chi connectivity index (χ4n) is 2.74. The highest BCUT2D eigenvalue weighted by Crippen LogP contribution is 2.23. The molecule has 0 aliphatic carbocycles. The van der Waals surface area contributed by atoms with Crippen LogP contribution in [0.1, 0.15) is 18.1 Å². The fraction of sp³-hybridized carbons (Fsp3) is 0.0909. The van der Waals surface area contributed by atoms with E-state index in [1.807, 2.05) is 48.5 Å². The molecule has 3 aromatic carbocycles. The van der Waals surface area contributed by atoms with Gasteiger partial charge in [0.25, 0.3) is 0 Å². The number of aliphatic carboxylic acids is 1. The van der Waals surface area contributed by atoms with E-state index in [2.05, 4.69) is 17.1 Å². The van der Waals surface area contributed by atoms with Gasteiger partial charge in [-0.05, 0) is 34.0 Å². The van der Waals surface area contributed by atoms with Gasteiger partial charge in [0.15, 0.2) is 0 Å². The van der Waals surface area contributed by atoms with Gasteiger partial charge in [-0.25, -0.2) is 4.79 Å². The van der Waals surface area contributed by atoms with E-state index in [-0.39, 0.29) is 12.1 Å². The SMILES string of the molecule is C=C(CC(=NNc1ccc2ccccc2c1)C(=O)O)C(O)c1ccccc1. The van der Waals surface area contributed by atoms with E-state index < -0.39 is 12.1 Å². The second-order valence-electron chi connectivity index (χ2n) is 6.19. The second kappa shape index (κ2) is 8.29. The molecule has 5 heteroatoms. The smallest absolute Gasteiger partial charge is 0.352 e. The number of aliphatic hydroxyl groups excluding tert-OH is 1. The molecule has 0 amide bonds. The van der Waals surface area contributed by atoms with Gasteiger partial charge in [0, 0.05) is 6.42 Å². The summed E-state index contributed by atoms with van der Waals surface area (Å²) < 4.78 is 0. The minimum atomic E-state index is -1.16. The summed E-state index contributed by atoms with van der Waals surface area (Å²) in [5.41, 5.74) is 4.37. The Balaban J connectivity index is 1.74. The van der Waals surface area contributed by atoms with Crippen LogP contribution in [-0.4, -0.2) is 21.9 Å². The van der Waals surface area contributed by atoms with Crippen LogP contribution < -0.4 is 5.43 Å². The van der Waals surface area contributed by atoms with Crippen LogP contribution in [0.4, 0.5) is 5.69 Å². The number of benzene rings is 3. The Morgan fingerprint density at radius 1 is 1.00 bits per heavy atom. The molecule has 0 aliphatic rings. The Labute approximate surface area is 157 Å². The molecule has 0 radical (unpaired) electrons. The normalized spacial score (nSPS) is 12.6. The summed E-state index contributed by atoms with van der Waals surface area (Å²) in [5, 5.41) is 25.9. The van der Waals surface area contributed by atoms with Gasteiger partial charge in [0.05, 0.1) is 5.69 Å². The standard InChI is InChI=1S/C22H20N2O3/c1-15(21(25)17-8-3-2-4-9-17)13-20(22(26)27)24-23-19-12-11-16-7-5-6-10-18(16)14-19/h2-12,14,21,23,25H,1,13H2,(H,26,27). The van der Waals surface area contributed by atoms with Gasteiger partial charge in [0.2, 0.25) is 0 Å². The van der Waals surface area contributed by atoms with Crippen molar-refractivity contribution >= 4 is 28.1 Å². The van der Waals surface area contributed by atoms with E-state index in [9.17, 15) is 15.0 Å². The summed E-state index contributed by atoms with van der Waals surface area (Å²) in [5.74, 6) is -1.16. The van der Waals surface area contributed by atoms with Crippen LogP contribution in [0.5, 0.6) is 0 Å². The number of nitrogens with one attached hydrogen (secondary N) is 1. The molecule has 3 N–H and O–H groups in total. The van der Waals surface area contributed by atoms with Gasteiger partial charge < -0.3 is 10.2 Å². The van der Waals surface area contributed by atoms with E-state index in [0.717, 1.165) is 10.8 Å². The minimum absolute atomic E-state index is 0.0496. The number of nitrogens with zero attached hydrogens (tertiary/aromatic N) is 1. The van der Waals surface area contributed by atoms with Crippen molar-refractivity contribution < 1.29 is 15.0 Å². The van der Waals surface area contributed by atoms with Gasteiger partial charge in [-0.2, -0.15) is 5.10 Å². The summed E-state index contributed by atoms with van der Waals surface area (Å²) in [7, 11) is 0. The monoisotopic (exact) mass is 360 g/mol. The number of carboxylic acids is 1. The molecule has 5 nitrogen and oxygen atoms in total. The van der Waals surface area contributed by atoms with Crippen molar-refractivity contribution in [2.45, 2.75) is 12.5 Å². The third-order valence-electron chi connectivity index (χ3n) is 4.21. The summed E-state index contributed by atoms with van der Waals surface area (Å²) in [6, 6.07) is 22.5. The lowest BCUT2D eigenvalue weighted by molar-refractivity contribution is -0.129. The zero-order chi connectivity index (χ0) is 19.2. The minimum Gasteiger partial charge on any atom is -0.477 e. The molecule has 0 aromatic heterocycles. The van der Waals surface area contributed by atoms with E-state index in [1.165, 1.54) is 0 Å². The molecular weight excluding hydrogens is 340 g/mol. The second-order valence-corrected chi connectivity index (χ2v) is 6.19. The molecule has 27 heavy (non-hydrogen) atoms. The van der Waals surface area contributed by atoms with Crippen molar-refractivity contribution in [3.63, 3.8) is 0 Å². The first-order valence-corrected chi connectivity index (χ1v) is 8.50. The number of fused-ring (bicyclic) bond motifs is 1. The van der Waals surface area contributed by atoms with Crippen LogP contribution in [0.2, 0.25) is 0 Å². The Kier molecular flexibility index (Phi) is 5.64. The van der Waals surface area contributed by atoms with Crippen LogP contribution in [-0.2, 0) is 4.79 Å². The molecule has 3 aromatic rings. The van der Waals surface area contributed by atoms with Crippen molar-refractivity contribution in [3.8, 4) is 0 Å². The zero-order valence-corrected chi connectivity index (χ0v) is 14.7. The molecule has 1 atom stereocenters. The van der Waals surface area contributed by atoms with Crippen LogP contribution in [0.25, 0.3) is 10.8 Å². The Bertz CT molecular complexity index is 997. The Morgan fingerprint density at radius 2 is 1.67 bits per heavy atom. The van der Waals surface area contributed by atoms with Crippen LogP contribution in [0, 0.1) is 0 Å². The maximum absolute atomic E-state index is 11.5. The summed E-state index contributed by atoms with van der Waals surface area (Å²) in [4.78, 5) is 11.5. The van der Waals surface area contributed by atoms with Crippen LogP contribution >= 0.6 is 0 Å². The molecule has 0 fully saturated rings. The number of hydrogen-bond donors (Lipinski definition) is 3. The topological polar surface area (TPSA) is 81.9 Å². The largest absolute Gasteiger partial charge is 0.477 e. The Hall–Kier alpha value is -3.44. The fourth-order valence-corrected chi connectivity index (χ4v) is 2.74. The maximum Gasteiger partial charge on any atom is 0.352 e. The van der Waals surface area contributed by atoms with Gasteiger partial charge in [-0.15, -0.1) is 0 Å². The highest BCUT2D eigenvalue weighted by molar-refractivity contribution is 6.36. The number of anilines is 1.